The van der Waals surface area contributed by atoms with E-state index in [4.69, 9.17) is 14.4 Å². The standard InChI is InChI=1S/C41H30N2O/c1-3-5-13-26(4-2)41-42-36(25-37(43-41)33-19-12-21-39-40(33)34-18-10-11-20-38(34)44-39)27-22-23-32-30-16-7-6-14-28(30)29-15-8-9-17-31(29)35(32)24-27/h3-22,24-25,32H,2,23H2,1H3/b5-3-,26-13+. The summed E-state index contributed by atoms with van der Waals surface area (Å²) in [6.07, 6.45) is 13.4. The Morgan fingerprint density at radius 2 is 1.52 bits per heavy atom. The van der Waals surface area contributed by atoms with E-state index in [0.29, 0.717) is 11.7 Å². The molecule has 0 saturated heterocycles. The Morgan fingerprint density at radius 3 is 2.39 bits per heavy atom. The van der Waals surface area contributed by atoms with Crippen molar-refractivity contribution in [3.8, 4) is 22.4 Å². The number of benzene rings is 4. The molecule has 1 atom stereocenters. The predicted molar refractivity (Wildman–Crippen MR) is 183 cm³/mol. The molecule has 4 aromatic carbocycles. The normalized spacial score (nSPS) is 15.9. The summed E-state index contributed by atoms with van der Waals surface area (Å²) in [6, 6.07) is 34.1. The molecule has 210 valence electrons. The minimum atomic E-state index is 0.315. The van der Waals surface area contributed by atoms with Crippen molar-refractivity contribution < 1.29 is 4.42 Å². The fraction of sp³-hybridized carbons (Fsp3) is 0.0732. The van der Waals surface area contributed by atoms with Crippen molar-refractivity contribution in [1.29, 1.82) is 0 Å². The maximum atomic E-state index is 6.23. The van der Waals surface area contributed by atoms with Crippen LogP contribution in [-0.4, -0.2) is 9.97 Å². The van der Waals surface area contributed by atoms with Gasteiger partial charge in [-0.25, -0.2) is 9.97 Å². The van der Waals surface area contributed by atoms with Crippen molar-refractivity contribution in [2.75, 3.05) is 0 Å². The molecule has 1 unspecified atom stereocenters. The van der Waals surface area contributed by atoms with E-state index in [1.807, 2.05) is 55.5 Å². The summed E-state index contributed by atoms with van der Waals surface area (Å²) in [5.41, 5.74) is 13.1. The topological polar surface area (TPSA) is 38.9 Å². The number of nitrogens with zero attached hydrogens (tertiary/aromatic N) is 2. The molecular weight excluding hydrogens is 536 g/mol. The summed E-state index contributed by atoms with van der Waals surface area (Å²) < 4.78 is 6.23. The van der Waals surface area contributed by atoms with Crippen LogP contribution >= 0.6 is 0 Å². The summed E-state index contributed by atoms with van der Waals surface area (Å²) >= 11 is 0. The lowest BCUT2D eigenvalue weighted by Crippen LogP contribution is -2.13. The molecule has 0 saturated carbocycles. The molecule has 2 heterocycles. The number of para-hydroxylation sites is 1. The Labute approximate surface area is 256 Å². The third-order valence-electron chi connectivity index (χ3n) is 8.77. The molecule has 0 amide bonds. The molecule has 3 nitrogen and oxygen atoms in total. The molecular formula is C41H30N2O. The van der Waals surface area contributed by atoms with Gasteiger partial charge in [-0.2, -0.15) is 0 Å². The van der Waals surface area contributed by atoms with Gasteiger partial charge in [-0.1, -0.05) is 116 Å². The lowest BCUT2D eigenvalue weighted by atomic mass is 9.71. The number of rotatable bonds is 5. The number of allylic oxidation sites excluding steroid dienone is 9. The summed E-state index contributed by atoms with van der Waals surface area (Å²) in [7, 11) is 0. The molecule has 0 spiro atoms. The zero-order valence-corrected chi connectivity index (χ0v) is 24.5. The first-order valence-electron chi connectivity index (χ1n) is 15.1. The van der Waals surface area contributed by atoms with Crippen LogP contribution in [0.5, 0.6) is 0 Å². The summed E-state index contributed by atoms with van der Waals surface area (Å²) in [5.74, 6) is 0.959. The second kappa shape index (κ2) is 10.6. The molecule has 6 aromatic rings. The maximum Gasteiger partial charge on any atom is 0.160 e. The first-order valence-corrected chi connectivity index (χ1v) is 15.1. The largest absolute Gasteiger partial charge is 0.456 e. The average Bonchev–Trinajstić information content (AvgIpc) is 3.47. The van der Waals surface area contributed by atoms with Gasteiger partial charge in [0.2, 0.25) is 0 Å². The Balaban J connectivity index is 1.34. The molecule has 0 fully saturated rings. The van der Waals surface area contributed by atoms with Gasteiger partial charge in [0.05, 0.1) is 11.4 Å². The first kappa shape index (κ1) is 26.1. The molecule has 0 aliphatic heterocycles. The van der Waals surface area contributed by atoms with Crippen LogP contribution in [0.1, 0.15) is 41.9 Å². The van der Waals surface area contributed by atoms with Gasteiger partial charge < -0.3 is 4.42 Å². The lowest BCUT2D eigenvalue weighted by molar-refractivity contribution is 0.669. The van der Waals surface area contributed by atoms with Crippen LogP contribution < -0.4 is 0 Å². The van der Waals surface area contributed by atoms with Crippen LogP contribution in [0.3, 0.4) is 0 Å². The van der Waals surface area contributed by atoms with Gasteiger partial charge in [-0.3, -0.25) is 0 Å². The molecule has 2 aromatic heterocycles. The number of aromatic nitrogens is 2. The van der Waals surface area contributed by atoms with Crippen molar-refractivity contribution in [1.82, 2.24) is 9.97 Å². The Morgan fingerprint density at radius 1 is 0.795 bits per heavy atom. The zero-order valence-electron chi connectivity index (χ0n) is 24.5. The lowest BCUT2D eigenvalue weighted by Gasteiger charge is -2.32. The summed E-state index contributed by atoms with van der Waals surface area (Å²) in [5, 5.41) is 2.14. The van der Waals surface area contributed by atoms with Gasteiger partial charge in [0.1, 0.15) is 11.2 Å². The highest BCUT2D eigenvalue weighted by Gasteiger charge is 2.30. The fourth-order valence-electron chi connectivity index (χ4n) is 6.74. The number of hydrogen-bond acceptors (Lipinski definition) is 3. The van der Waals surface area contributed by atoms with Crippen LogP contribution in [-0.2, 0) is 0 Å². The Kier molecular flexibility index (Phi) is 6.31. The first-order chi connectivity index (χ1) is 21.7. The molecule has 44 heavy (non-hydrogen) atoms. The maximum absolute atomic E-state index is 6.23. The van der Waals surface area contributed by atoms with Gasteiger partial charge >= 0.3 is 0 Å². The minimum absolute atomic E-state index is 0.315. The van der Waals surface area contributed by atoms with E-state index in [-0.39, 0.29) is 0 Å². The Bertz CT molecular complexity index is 2240. The van der Waals surface area contributed by atoms with Crippen LogP contribution in [0.25, 0.3) is 61.0 Å². The Hall–Kier alpha value is -5.54. The smallest absolute Gasteiger partial charge is 0.160 e. The number of fused-ring (bicyclic) bond motifs is 9. The van der Waals surface area contributed by atoms with Crippen molar-refractivity contribution in [2.45, 2.75) is 19.3 Å². The van der Waals surface area contributed by atoms with E-state index in [9.17, 15) is 0 Å². The van der Waals surface area contributed by atoms with E-state index in [1.165, 1.54) is 27.8 Å². The quantitative estimate of drug-likeness (QED) is 0.195. The van der Waals surface area contributed by atoms with Gasteiger partial charge in [0.15, 0.2) is 5.82 Å². The van der Waals surface area contributed by atoms with Gasteiger partial charge in [0.25, 0.3) is 0 Å². The monoisotopic (exact) mass is 566 g/mol. The van der Waals surface area contributed by atoms with E-state index in [0.717, 1.165) is 56.5 Å². The molecule has 2 aliphatic carbocycles. The third kappa shape index (κ3) is 4.20. The van der Waals surface area contributed by atoms with Gasteiger partial charge in [0, 0.05) is 27.8 Å². The van der Waals surface area contributed by atoms with Crippen LogP contribution in [0.4, 0.5) is 0 Å². The van der Waals surface area contributed by atoms with Crippen LogP contribution in [0, 0.1) is 0 Å². The second-order valence-electron chi connectivity index (χ2n) is 11.3. The highest BCUT2D eigenvalue weighted by molar-refractivity contribution is 6.12. The van der Waals surface area contributed by atoms with Crippen molar-refractivity contribution in [2.24, 2.45) is 0 Å². The van der Waals surface area contributed by atoms with Crippen LogP contribution in [0.15, 0.2) is 145 Å². The minimum Gasteiger partial charge on any atom is -0.456 e. The van der Waals surface area contributed by atoms with E-state index in [2.05, 4.69) is 91.5 Å². The van der Waals surface area contributed by atoms with Gasteiger partial charge in [-0.15, -0.1) is 0 Å². The SMILES string of the molecule is C=C/C(=C\C=C/C)c1nc(C2=CCC3C(=C2)c2ccccc2-c2ccccc23)cc(-c2cccc3oc4ccccc4c23)n1. The molecule has 3 heteroatoms. The summed E-state index contributed by atoms with van der Waals surface area (Å²) in [6.45, 7) is 6.09. The van der Waals surface area contributed by atoms with Crippen molar-refractivity contribution in [3.05, 3.63) is 163 Å². The number of furan rings is 1. The number of hydrogen-bond donors (Lipinski definition) is 0. The highest BCUT2D eigenvalue weighted by Crippen LogP contribution is 2.50. The molecule has 8 rings (SSSR count). The van der Waals surface area contributed by atoms with E-state index in [1.54, 1.807) is 0 Å². The van der Waals surface area contributed by atoms with Gasteiger partial charge in [-0.05, 0) is 71.0 Å². The molecule has 0 bridgehead atoms. The average molecular weight is 567 g/mol. The molecule has 0 radical (unpaired) electrons. The summed E-state index contributed by atoms with van der Waals surface area (Å²) in [4.78, 5) is 10.3. The van der Waals surface area contributed by atoms with E-state index < -0.39 is 0 Å². The van der Waals surface area contributed by atoms with Crippen molar-refractivity contribution in [3.63, 3.8) is 0 Å². The highest BCUT2D eigenvalue weighted by atomic mass is 16.3. The third-order valence-corrected chi connectivity index (χ3v) is 8.77. The molecule has 0 N–H and O–H groups in total. The zero-order chi connectivity index (χ0) is 29.6. The predicted octanol–water partition coefficient (Wildman–Crippen LogP) is 10.8. The van der Waals surface area contributed by atoms with Crippen molar-refractivity contribution >= 4 is 38.7 Å². The van der Waals surface area contributed by atoms with E-state index >= 15 is 0 Å². The fourth-order valence-corrected chi connectivity index (χ4v) is 6.74. The van der Waals surface area contributed by atoms with Crippen LogP contribution in [0.2, 0.25) is 0 Å². The molecule has 2 aliphatic rings. The second-order valence-corrected chi connectivity index (χ2v) is 11.3.